The zero-order valence-corrected chi connectivity index (χ0v) is 10.4. The summed E-state index contributed by atoms with van der Waals surface area (Å²) in [5.41, 5.74) is 6.41. The molecule has 5 nitrogen and oxygen atoms in total. The fourth-order valence-electron chi connectivity index (χ4n) is 1.86. The first-order chi connectivity index (χ1) is 8.09. The summed E-state index contributed by atoms with van der Waals surface area (Å²) in [6.45, 7) is 0. The number of carbonyl (C=O) groups is 1. The third kappa shape index (κ3) is 2.46. The maximum atomic E-state index is 10.9. The van der Waals surface area contributed by atoms with E-state index in [1.807, 2.05) is 23.7 Å². The minimum absolute atomic E-state index is 0.0340. The quantitative estimate of drug-likeness (QED) is 0.845. The lowest BCUT2D eigenvalue weighted by molar-refractivity contribution is 0.0690. The second kappa shape index (κ2) is 4.83. The Morgan fingerprint density at radius 3 is 3.00 bits per heavy atom. The van der Waals surface area contributed by atoms with Crippen LogP contribution in [0.5, 0.6) is 0 Å². The SMILES string of the molecule is CN(c1nc(C(=O)O)ccc1N)C1CCSC1. The number of rotatable bonds is 3. The molecule has 0 saturated carbocycles. The highest BCUT2D eigenvalue weighted by Gasteiger charge is 2.23. The molecule has 1 atom stereocenters. The number of anilines is 2. The molecule has 0 amide bonds. The van der Waals surface area contributed by atoms with Crippen LogP contribution in [-0.4, -0.2) is 40.7 Å². The lowest BCUT2D eigenvalue weighted by Crippen LogP contribution is -2.32. The third-order valence-electron chi connectivity index (χ3n) is 2.91. The number of aromatic carboxylic acids is 1. The van der Waals surface area contributed by atoms with E-state index in [1.54, 1.807) is 6.07 Å². The second-order valence-corrected chi connectivity index (χ2v) is 5.19. The summed E-state index contributed by atoms with van der Waals surface area (Å²) in [6, 6.07) is 3.42. The van der Waals surface area contributed by atoms with Gasteiger partial charge in [-0.05, 0) is 24.3 Å². The molecule has 0 bridgehead atoms. The van der Waals surface area contributed by atoms with Gasteiger partial charge in [0.2, 0.25) is 0 Å². The van der Waals surface area contributed by atoms with Crippen LogP contribution in [0.3, 0.4) is 0 Å². The molecular weight excluding hydrogens is 238 g/mol. The van der Waals surface area contributed by atoms with E-state index in [2.05, 4.69) is 4.98 Å². The molecule has 0 spiro atoms. The molecule has 1 aliphatic rings. The van der Waals surface area contributed by atoms with Gasteiger partial charge in [-0.15, -0.1) is 0 Å². The molecule has 1 aliphatic heterocycles. The Morgan fingerprint density at radius 1 is 1.65 bits per heavy atom. The maximum Gasteiger partial charge on any atom is 0.354 e. The number of carboxylic acids is 1. The van der Waals surface area contributed by atoms with E-state index >= 15 is 0 Å². The van der Waals surface area contributed by atoms with Crippen molar-refractivity contribution in [1.82, 2.24) is 4.98 Å². The van der Waals surface area contributed by atoms with Gasteiger partial charge >= 0.3 is 5.97 Å². The summed E-state index contributed by atoms with van der Waals surface area (Å²) in [5, 5.41) is 8.92. The summed E-state index contributed by atoms with van der Waals surface area (Å²) >= 11 is 1.89. The maximum absolute atomic E-state index is 10.9. The Balaban J connectivity index is 2.29. The molecule has 92 valence electrons. The van der Waals surface area contributed by atoms with Crippen molar-refractivity contribution in [2.45, 2.75) is 12.5 Å². The normalized spacial score (nSPS) is 19.2. The number of thioether (sulfide) groups is 1. The van der Waals surface area contributed by atoms with E-state index in [0.29, 0.717) is 17.5 Å². The van der Waals surface area contributed by atoms with Gasteiger partial charge in [-0.3, -0.25) is 0 Å². The largest absolute Gasteiger partial charge is 0.477 e. The van der Waals surface area contributed by atoms with Crippen LogP contribution in [0.2, 0.25) is 0 Å². The molecule has 0 radical (unpaired) electrons. The number of carboxylic acid groups (broad SMARTS) is 1. The third-order valence-corrected chi connectivity index (χ3v) is 4.06. The summed E-state index contributed by atoms with van der Waals surface area (Å²) in [4.78, 5) is 17.0. The van der Waals surface area contributed by atoms with Crippen LogP contribution in [0.15, 0.2) is 12.1 Å². The molecule has 1 saturated heterocycles. The van der Waals surface area contributed by atoms with E-state index in [0.717, 1.165) is 17.9 Å². The topological polar surface area (TPSA) is 79.5 Å². The second-order valence-electron chi connectivity index (χ2n) is 4.04. The van der Waals surface area contributed by atoms with Crippen molar-refractivity contribution in [3.8, 4) is 0 Å². The molecule has 0 aromatic carbocycles. The van der Waals surface area contributed by atoms with Gasteiger partial charge in [-0.25, -0.2) is 9.78 Å². The van der Waals surface area contributed by atoms with Gasteiger partial charge in [0.05, 0.1) is 5.69 Å². The van der Waals surface area contributed by atoms with Crippen molar-refractivity contribution in [3.05, 3.63) is 17.8 Å². The number of hydrogen-bond donors (Lipinski definition) is 2. The Morgan fingerprint density at radius 2 is 2.41 bits per heavy atom. The smallest absolute Gasteiger partial charge is 0.354 e. The molecule has 2 rings (SSSR count). The van der Waals surface area contributed by atoms with Crippen molar-refractivity contribution in [1.29, 1.82) is 0 Å². The number of hydrogen-bond acceptors (Lipinski definition) is 5. The minimum atomic E-state index is -1.03. The summed E-state index contributed by atoms with van der Waals surface area (Å²) in [6.07, 6.45) is 1.08. The van der Waals surface area contributed by atoms with E-state index in [9.17, 15) is 4.79 Å². The van der Waals surface area contributed by atoms with Crippen LogP contribution < -0.4 is 10.6 Å². The van der Waals surface area contributed by atoms with Crippen molar-refractivity contribution in [3.63, 3.8) is 0 Å². The molecule has 0 aliphatic carbocycles. The van der Waals surface area contributed by atoms with Gasteiger partial charge in [0.1, 0.15) is 0 Å². The van der Waals surface area contributed by atoms with Crippen LogP contribution in [0.1, 0.15) is 16.9 Å². The lowest BCUT2D eigenvalue weighted by atomic mass is 10.2. The van der Waals surface area contributed by atoms with Crippen molar-refractivity contribution in [2.24, 2.45) is 0 Å². The Labute approximate surface area is 104 Å². The zero-order valence-electron chi connectivity index (χ0n) is 9.59. The highest BCUT2D eigenvalue weighted by atomic mass is 32.2. The zero-order chi connectivity index (χ0) is 12.4. The average Bonchev–Trinajstić information content (AvgIpc) is 2.81. The van der Waals surface area contributed by atoms with E-state index < -0.39 is 5.97 Å². The van der Waals surface area contributed by atoms with Crippen molar-refractivity contribution < 1.29 is 9.90 Å². The molecular formula is C11H15N3O2S. The summed E-state index contributed by atoms with van der Waals surface area (Å²) in [7, 11) is 1.92. The van der Waals surface area contributed by atoms with Gasteiger partial charge in [-0.1, -0.05) is 0 Å². The van der Waals surface area contributed by atoms with Gasteiger partial charge in [-0.2, -0.15) is 11.8 Å². The predicted octanol–water partition coefficient (Wildman–Crippen LogP) is 1.30. The summed E-state index contributed by atoms with van der Waals surface area (Å²) < 4.78 is 0. The van der Waals surface area contributed by atoms with Gasteiger partial charge < -0.3 is 15.7 Å². The number of pyridine rings is 1. The molecule has 6 heteroatoms. The lowest BCUT2D eigenvalue weighted by Gasteiger charge is -2.26. The minimum Gasteiger partial charge on any atom is -0.477 e. The Bertz CT molecular complexity index is 433. The highest BCUT2D eigenvalue weighted by molar-refractivity contribution is 7.99. The highest BCUT2D eigenvalue weighted by Crippen LogP contribution is 2.28. The number of nitrogen functional groups attached to an aromatic ring is 1. The monoisotopic (exact) mass is 253 g/mol. The first-order valence-electron chi connectivity index (χ1n) is 5.40. The van der Waals surface area contributed by atoms with Crippen LogP contribution in [0.25, 0.3) is 0 Å². The van der Waals surface area contributed by atoms with E-state index in [4.69, 9.17) is 10.8 Å². The molecule has 2 heterocycles. The first-order valence-corrected chi connectivity index (χ1v) is 6.55. The van der Waals surface area contributed by atoms with Gasteiger partial charge in [0.15, 0.2) is 11.5 Å². The fourth-order valence-corrected chi connectivity index (χ4v) is 3.13. The van der Waals surface area contributed by atoms with Crippen LogP contribution >= 0.6 is 11.8 Å². The van der Waals surface area contributed by atoms with Crippen molar-refractivity contribution in [2.75, 3.05) is 29.2 Å². The van der Waals surface area contributed by atoms with Crippen LogP contribution in [0.4, 0.5) is 11.5 Å². The van der Waals surface area contributed by atoms with Crippen LogP contribution in [-0.2, 0) is 0 Å². The standard InChI is InChI=1S/C11H15N3O2S/c1-14(7-4-5-17-6-7)10-8(12)2-3-9(13-10)11(15)16/h2-3,7H,4-6,12H2,1H3,(H,15,16). The van der Waals surface area contributed by atoms with E-state index in [1.165, 1.54) is 6.07 Å². The van der Waals surface area contributed by atoms with Crippen LogP contribution in [0, 0.1) is 0 Å². The number of aromatic nitrogens is 1. The molecule has 1 unspecified atom stereocenters. The molecule has 3 N–H and O–H groups in total. The average molecular weight is 253 g/mol. The predicted molar refractivity (Wildman–Crippen MR) is 69.7 cm³/mol. The molecule has 17 heavy (non-hydrogen) atoms. The first kappa shape index (κ1) is 12.0. The van der Waals surface area contributed by atoms with Gasteiger partial charge in [0.25, 0.3) is 0 Å². The number of nitrogens with zero attached hydrogens (tertiary/aromatic N) is 2. The van der Waals surface area contributed by atoms with Crippen molar-refractivity contribution >= 4 is 29.2 Å². The van der Waals surface area contributed by atoms with E-state index in [-0.39, 0.29) is 5.69 Å². The fraction of sp³-hybridized carbons (Fsp3) is 0.455. The molecule has 1 aromatic rings. The molecule has 1 fully saturated rings. The summed E-state index contributed by atoms with van der Waals surface area (Å²) in [5.74, 6) is 1.71. The van der Waals surface area contributed by atoms with Gasteiger partial charge in [0, 0.05) is 18.8 Å². The Hall–Kier alpha value is -1.43. The number of nitrogens with two attached hydrogens (primary N) is 1. The Kier molecular flexibility index (Phi) is 3.42. The molecule has 1 aromatic heterocycles.